The van der Waals surface area contributed by atoms with Crippen molar-refractivity contribution in [2.75, 3.05) is 0 Å². The molecule has 100 valence electrons. The molecule has 2 heterocycles. The summed E-state index contributed by atoms with van der Waals surface area (Å²) in [5, 5.41) is 11.5. The van der Waals surface area contributed by atoms with Gasteiger partial charge in [-0.05, 0) is 0 Å². The summed E-state index contributed by atoms with van der Waals surface area (Å²) < 4.78 is 55.2. The molecule has 0 aliphatic heterocycles. The molecule has 2 aromatic heterocycles. The van der Waals surface area contributed by atoms with E-state index in [0.29, 0.717) is 0 Å². The van der Waals surface area contributed by atoms with Gasteiger partial charge in [-0.2, -0.15) is 10.2 Å². The first-order chi connectivity index (χ1) is 8.22. The molecule has 12 heteroatoms. The van der Waals surface area contributed by atoms with Crippen molar-refractivity contribution < 1.29 is 36.1 Å². The monoisotopic (exact) mass is 296 g/mol. The average Bonchev–Trinajstić information content (AvgIpc) is 2.88. The quantitative estimate of drug-likeness (QED) is 0.462. The van der Waals surface area contributed by atoms with E-state index in [4.69, 9.17) is 0 Å². The highest BCUT2D eigenvalue weighted by molar-refractivity contribution is 8.62. The van der Waals surface area contributed by atoms with Crippen LogP contribution in [0, 0.1) is 0 Å². The second-order valence-electron chi connectivity index (χ2n) is 2.88. The van der Waals surface area contributed by atoms with Gasteiger partial charge in [0.1, 0.15) is 0 Å². The van der Waals surface area contributed by atoms with Gasteiger partial charge in [0, 0.05) is 0 Å². The minimum atomic E-state index is -5.67. The normalized spacial score (nSPS) is 11.7. The lowest BCUT2D eigenvalue weighted by molar-refractivity contribution is -0.449. The maximum absolute atomic E-state index is 9.20. The van der Waals surface area contributed by atoms with Crippen LogP contribution in [0.4, 0.5) is 0 Å². The Morgan fingerprint density at radius 2 is 1.17 bits per heavy atom. The maximum atomic E-state index is 9.20. The van der Waals surface area contributed by atoms with Crippen molar-refractivity contribution in [3.8, 4) is 11.1 Å². The van der Waals surface area contributed by atoms with Crippen LogP contribution in [0.25, 0.3) is 11.1 Å². The zero-order valence-corrected chi connectivity index (χ0v) is 10.2. The van der Waals surface area contributed by atoms with Crippen LogP contribution in [-0.2, 0) is 18.3 Å². The molecular weight excluding hydrogens is 288 g/mol. The third-order valence-corrected chi connectivity index (χ3v) is 3.66. The summed E-state index contributed by atoms with van der Waals surface area (Å²) in [5.74, 6) is 0. The molecule has 10 nitrogen and oxygen atoms in total. The topological polar surface area (TPSA) is 174 Å². The lowest BCUT2D eigenvalue weighted by Crippen LogP contribution is -2.12. The van der Waals surface area contributed by atoms with E-state index in [2.05, 4.69) is 20.4 Å². The number of hydrogen-bond donors (Lipinski definition) is 2. The van der Waals surface area contributed by atoms with Gasteiger partial charge in [0.15, 0.2) is 18.3 Å². The van der Waals surface area contributed by atoms with Crippen molar-refractivity contribution in [1.82, 2.24) is 10.2 Å². The van der Waals surface area contributed by atoms with Gasteiger partial charge in [-0.1, -0.05) is 0 Å². The maximum Gasteiger partial charge on any atom is 0.200 e. The molecular formula is C6H8N4O6S2. The molecule has 0 spiro atoms. The summed E-state index contributed by atoms with van der Waals surface area (Å²) in [4.78, 5) is 0. The SMILES string of the molecule is O=S(=O)([O-])S(=O)(=O)[O-].c1[nH][nH+]cc1-c1c[nH][nH+]c1. The molecule has 0 aliphatic rings. The van der Waals surface area contributed by atoms with Gasteiger partial charge in [0.05, 0.1) is 23.5 Å². The first-order valence-corrected chi connectivity index (χ1v) is 7.56. The van der Waals surface area contributed by atoms with Gasteiger partial charge < -0.3 is 9.11 Å². The second kappa shape index (κ2) is 5.26. The number of hydrogen-bond acceptors (Lipinski definition) is 6. The molecule has 0 bridgehead atoms. The second-order valence-corrected chi connectivity index (χ2v) is 6.96. The van der Waals surface area contributed by atoms with Crippen LogP contribution in [0.15, 0.2) is 24.8 Å². The van der Waals surface area contributed by atoms with Gasteiger partial charge in [0.2, 0.25) is 12.4 Å². The van der Waals surface area contributed by atoms with Crippen LogP contribution in [0.5, 0.6) is 0 Å². The fraction of sp³-hybridized carbons (Fsp3) is 0. The molecule has 0 unspecified atom stereocenters. The van der Waals surface area contributed by atoms with Crippen LogP contribution in [0.2, 0.25) is 0 Å². The number of rotatable bonds is 2. The Kier molecular flexibility index (Phi) is 4.18. The van der Waals surface area contributed by atoms with Crippen LogP contribution in [-0.4, -0.2) is 36.1 Å². The minimum absolute atomic E-state index is 1.14. The average molecular weight is 296 g/mol. The third kappa shape index (κ3) is 3.92. The van der Waals surface area contributed by atoms with Crippen molar-refractivity contribution in [2.24, 2.45) is 0 Å². The Labute approximate surface area is 101 Å². The van der Waals surface area contributed by atoms with Crippen molar-refractivity contribution in [1.29, 1.82) is 0 Å². The van der Waals surface area contributed by atoms with E-state index in [1.807, 2.05) is 24.8 Å². The van der Waals surface area contributed by atoms with E-state index in [1.54, 1.807) is 0 Å². The lowest BCUT2D eigenvalue weighted by Gasteiger charge is -2.09. The summed E-state index contributed by atoms with van der Waals surface area (Å²) in [6.45, 7) is 0. The molecule has 0 radical (unpaired) electrons. The van der Waals surface area contributed by atoms with E-state index >= 15 is 0 Å². The number of nitrogens with one attached hydrogen (secondary N) is 4. The fourth-order valence-electron chi connectivity index (χ4n) is 0.894. The molecule has 0 fully saturated rings. The zero-order chi connectivity index (χ0) is 13.8. The largest absolute Gasteiger partial charge is 0.736 e. The van der Waals surface area contributed by atoms with Crippen LogP contribution < -0.4 is 10.2 Å². The zero-order valence-electron chi connectivity index (χ0n) is 8.58. The minimum Gasteiger partial charge on any atom is -0.736 e. The molecule has 0 amide bonds. The summed E-state index contributed by atoms with van der Waals surface area (Å²) in [6, 6.07) is 0. The molecule has 2 rings (SSSR count). The molecule has 0 aliphatic carbocycles. The van der Waals surface area contributed by atoms with Gasteiger partial charge >= 0.3 is 0 Å². The van der Waals surface area contributed by atoms with Crippen molar-refractivity contribution >= 4 is 18.3 Å². The highest BCUT2D eigenvalue weighted by atomic mass is 33.2. The molecule has 0 saturated heterocycles. The van der Waals surface area contributed by atoms with E-state index in [-0.39, 0.29) is 0 Å². The van der Waals surface area contributed by atoms with E-state index in [9.17, 15) is 25.9 Å². The smallest absolute Gasteiger partial charge is 0.200 e. The highest BCUT2D eigenvalue weighted by Crippen LogP contribution is 2.11. The number of H-pyrrole nitrogens is 4. The molecule has 2 aromatic rings. The molecule has 0 atom stereocenters. The third-order valence-electron chi connectivity index (χ3n) is 1.66. The van der Waals surface area contributed by atoms with E-state index in [0.717, 1.165) is 11.1 Å². The Bertz CT molecular complexity index is 610. The van der Waals surface area contributed by atoms with Gasteiger partial charge in [-0.15, -0.1) is 10.2 Å². The first-order valence-electron chi connectivity index (χ1n) is 4.23. The summed E-state index contributed by atoms with van der Waals surface area (Å²) >= 11 is 0. The van der Waals surface area contributed by atoms with Gasteiger partial charge in [-0.25, -0.2) is 16.8 Å². The summed E-state index contributed by atoms with van der Waals surface area (Å²) in [7, 11) is -11.3. The fourth-order valence-corrected chi connectivity index (χ4v) is 0.894. The Morgan fingerprint density at radius 1 is 0.833 bits per heavy atom. The molecule has 4 N–H and O–H groups in total. The highest BCUT2D eigenvalue weighted by Gasteiger charge is 2.04. The summed E-state index contributed by atoms with van der Waals surface area (Å²) in [6.07, 6.45) is 7.60. The Morgan fingerprint density at radius 3 is 1.33 bits per heavy atom. The summed E-state index contributed by atoms with van der Waals surface area (Å²) in [5.41, 5.74) is 2.27. The predicted octanol–water partition coefficient (Wildman–Crippen LogP) is -2.37. The van der Waals surface area contributed by atoms with Crippen molar-refractivity contribution in [3.63, 3.8) is 0 Å². The van der Waals surface area contributed by atoms with E-state index in [1.165, 1.54) is 0 Å². The van der Waals surface area contributed by atoms with Gasteiger partial charge in [-0.3, -0.25) is 0 Å². The van der Waals surface area contributed by atoms with Crippen molar-refractivity contribution in [3.05, 3.63) is 24.8 Å². The standard InChI is InChI=1S/C6H6N4.H2O6S2/c1-5(2-8-7-1)6-3-9-10-4-6;1-7(2,3)8(4,5)6/h1-4H,(H,7,8)(H,9,10);(H,1,2,3)(H,4,5,6). The first kappa shape index (κ1) is 14.3. The van der Waals surface area contributed by atoms with Crippen LogP contribution in [0.1, 0.15) is 0 Å². The predicted molar refractivity (Wildman–Crippen MR) is 53.1 cm³/mol. The lowest BCUT2D eigenvalue weighted by atomic mass is 10.2. The Hall–Kier alpha value is -1.76. The number of aromatic nitrogens is 4. The molecule has 0 saturated carbocycles. The number of aromatic amines is 4. The molecule has 18 heavy (non-hydrogen) atoms. The Balaban J connectivity index is 0.000000187. The molecule has 0 aromatic carbocycles. The van der Waals surface area contributed by atoms with Crippen molar-refractivity contribution in [2.45, 2.75) is 0 Å². The van der Waals surface area contributed by atoms with Crippen LogP contribution >= 0.6 is 0 Å². The van der Waals surface area contributed by atoms with E-state index < -0.39 is 18.3 Å². The van der Waals surface area contributed by atoms with Gasteiger partial charge in [0.25, 0.3) is 0 Å². The van der Waals surface area contributed by atoms with Crippen LogP contribution in [0.3, 0.4) is 0 Å².